The third kappa shape index (κ3) is 13.7. The maximum absolute atomic E-state index is 12.5. The number of hydrogen-bond donors (Lipinski definition) is 19. The second-order valence-corrected chi connectivity index (χ2v) is 19.0. The molecule has 6 heterocycles. The van der Waals surface area contributed by atoms with Crippen LogP contribution in [0.3, 0.4) is 0 Å². The number of hydrogen-bond acceptors (Lipinski definition) is 30. The first-order chi connectivity index (χ1) is 35.4. The predicted octanol–water partition coefficient (Wildman–Crippen LogP) is -12.6. The molecular weight excluding hydrogens is 1030 g/mol. The van der Waals surface area contributed by atoms with Crippen LogP contribution >= 0.6 is 0 Å². The number of carbonyl (C=O) groups excluding carboxylic acids is 3. The SMILES string of the molecule is CC(=O)N[C@H]1[C@H](OC[C@H]2OC(O)[C@H](NC(C)=O)[C@@H](O[C@@H]3O[C@H](CO)[C@H](O)[C@H](O)[C@H]3O[C@H]3O[C@H](C)[C@H](O)[C@H](O)[C@H]3O)[C@H]2O)O[C@H](CO)[C@@H](O[C@@H]2O[C@H](CO)[C@H](O[C@H]3O[C@H](CO)[C@@H](O)[C@H](O)[C@H]3NC(C)=O)[C@H](O)[C@H]2O)[C@@H]1O. The third-order valence-corrected chi connectivity index (χ3v) is 13.6. The number of carbonyl (C=O) groups is 3. The summed E-state index contributed by atoms with van der Waals surface area (Å²) >= 11 is 0. The molecule has 6 rings (SSSR count). The summed E-state index contributed by atoms with van der Waals surface area (Å²) in [6.07, 6.45) is -48.8. The van der Waals surface area contributed by atoms with E-state index in [2.05, 4.69) is 16.0 Å². The van der Waals surface area contributed by atoms with E-state index in [0.717, 1.165) is 20.8 Å². The molecule has 6 aliphatic heterocycles. The summed E-state index contributed by atoms with van der Waals surface area (Å²) in [5.74, 6) is -2.31. The van der Waals surface area contributed by atoms with Gasteiger partial charge in [0.2, 0.25) is 17.7 Å². The number of nitrogens with one attached hydrogen (secondary N) is 3. The maximum atomic E-state index is 12.5. The van der Waals surface area contributed by atoms with Gasteiger partial charge in [0, 0.05) is 20.8 Å². The Kier molecular flexibility index (Phi) is 21.8. The van der Waals surface area contributed by atoms with Crippen molar-refractivity contribution in [2.24, 2.45) is 0 Å². The van der Waals surface area contributed by atoms with Crippen LogP contribution in [0.1, 0.15) is 27.7 Å². The van der Waals surface area contributed by atoms with Gasteiger partial charge < -0.3 is 150 Å². The standard InChI is InChI=1S/C42H71N3O30/c1-10-22(53)28(59)31(62)40(66-10)75-36-29(60)24(55)15(6-47)69-42(36)74-35-21(45-13(4)52)37(64)67-18(25(35)56)9-65-38-20(44-12(3)51)27(58)33(16(7-48)70-38)73-41-32(63)30(61)34(17(8-49)71-41)72-39-19(43-11(2)50)26(57)23(54)14(5-46)68-39/h10,14-42,46-49,53-64H,5-9H2,1-4H3,(H,43,50)(H,44,51)(H,45,52)/t10-,14-,15-,16-,17-,18-,19-,20-,21-,22+,23-,24+,25+,26-,27-,28+,29+,30-,31-,32-,33-,34+,35-,36-,37?,38-,39-,40-,41+,42+/m1/s1. The minimum Gasteiger partial charge on any atom is -0.394 e. The molecule has 0 aromatic rings. The zero-order valence-corrected chi connectivity index (χ0v) is 40.7. The van der Waals surface area contributed by atoms with Crippen LogP contribution in [0.2, 0.25) is 0 Å². The largest absolute Gasteiger partial charge is 0.394 e. The van der Waals surface area contributed by atoms with Gasteiger partial charge in [-0.2, -0.15) is 0 Å². The van der Waals surface area contributed by atoms with E-state index in [1.165, 1.54) is 6.92 Å². The highest BCUT2D eigenvalue weighted by Crippen LogP contribution is 2.36. The van der Waals surface area contributed by atoms with Gasteiger partial charge in [-0.3, -0.25) is 14.4 Å². The normalized spacial score (nSPS) is 48.6. The van der Waals surface area contributed by atoms with Crippen LogP contribution in [0.25, 0.3) is 0 Å². The van der Waals surface area contributed by atoms with Crippen molar-refractivity contribution in [3.8, 4) is 0 Å². The first-order valence-electron chi connectivity index (χ1n) is 23.9. The molecule has 3 amide bonds. The molecular formula is C42H71N3O30. The van der Waals surface area contributed by atoms with Crippen LogP contribution in [0.4, 0.5) is 0 Å². The Morgan fingerprint density at radius 3 is 1.35 bits per heavy atom. The van der Waals surface area contributed by atoms with Gasteiger partial charge in [-0.25, -0.2) is 0 Å². The molecule has 6 fully saturated rings. The molecule has 30 atom stereocenters. The van der Waals surface area contributed by atoms with E-state index in [1.54, 1.807) is 0 Å². The van der Waals surface area contributed by atoms with E-state index in [-0.39, 0.29) is 0 Å². The maximum Gasteiger partial charge on any atom is 0.217 e. The zero-order valence-electron chi connectivity index (χ0n) is 40.7. The summed E-state index contributed by atoms with van der Waals surface area (Å²) in [7, 11) is 0. The van der Waals surface area contributed by atoms with Gasteiger partial charge in [-0.05, 0) is 6.92 Å². The lowest BCUT2D eigenvalue weighted by Gasteiger charge is -2.49. The van der Waals surface area contributed by atoms with Gasteiger partial charge >= 0.3 is 0 Å². The molecule has 0 spiro atoms. The van der Waals surface area contributed by atoms with E-state index in [1.807, 2.05) is 0 Å². The zero-order chi connectivity index (χ0) is 55.5. The smallest absolute Gasteiger partial charge is 0.217 e. The first-order valence-corrected chi connectivity index (χ1v) is 23.9. The van der Waals surface area contributed by atoms with Crippen molar-refractivity contribution >= 4 is 17.7 Å². The molecule has 0 radical (unpaired) electrons. The fourth-order valence-corrected chi connectivity index (χ4v) is 9.55. The Balaban J connectivity index is 1.18. The lowest BCUT2D eigenvalue weighted by atomic mass is 9.94. The van der Waals surface area contributed by atoms with Crippen LogP contribution in [-0.4, -0.2) is 317 Å². The van der Waals surface area contributed by atoms with Crippen LogP contribution < -0.4 is 16.0 Å². The first kappa shape index (κ1) is 61.5. The molecule has 33 nitrogen and oxygen atoms in total. The molecule has 6 aliphatic rings. The van der Waals surface area contributed by atoms with E-state index in [9.17, 15) is 96.1 Å². The van der Waals surface area contributed by atoms with Gasteiger partial charge in [-0.1, -0.05) is 0 Å². The predicted molar refractivity (Wildman–Crippen MR) is 233 cm³/mol. The van der Waals surface area contributed by atoms with Crippen molar-refractivity contribution < 1.29 is 148 Å². The van der Waals surface area contributed by atoms with Gasteiger partial charge in [-0.15, -0.1) is 0 Å². The average Bonchev–Trinajstić information content (AvgIpc) is 3.36. The van der Waals surface area contributed by atoms with Gasteiger partial charge in [0.1, 0.15) is 140 Å². The second kappa shape index (κ2) is 26.5. The third-order valence-electron chi connectivity index (χ3n) is 13.6. The molecule has 75 heavy (non-hydrogen) atoms. The molecule has 0 aliphatic carbocycles. The minimum absolute atomic E-state index is 0.714. The topological polar surface area (TPSA) is 513 Å². The average molecular weight is 1100 g/mol. The van der Waals surface area contributed by atoms with E-state index < -0.39 is 235 Å². The molecule has 0 aromatic heterocycles. The molecule has 33 heteroatoms. The summed E-state index contributed by atoms with van der Waals surface area (Å²) in [5.41, 5.74) is 0. The van der Waals surface area contributed by atoms with Crippen molar-refractivity contribution in [2.45, 2.75) is 212 Å². The fourth-order valence-electron chi connectivity index (χ4n) is 9.55. The van der Waals surface area contributed by atoms with Gasteiger partial charge in [0.25, 0.3) is 0 Å². The molecule has 19 N–H and O–H groups in total. The lowest BCUT2D eigenvalue weighted by molar-refractivity contribution is -0.381. The Hall–Kier alpha value is -2.67. The van der Waals surface area contributed by atoms with Crippen molar-refractivity contribution in [1.82, 2.24) is 16.0 Å². The number of aliphatic hydroxyl groups is 16. The summed E-state index contributed by atoms with van der Waals surface area (Å²) in [6, 6.07) is -4.85. The highest BCUT2D eigenvalue weighted by atomic mass is 16.8. The molecule has 6 saturated heterocycles. The van der Waals surface area contributed by atoms with Gasteiger partial charge in [0.15, 0.2) is 37.7 Å². The van der Waals surface area contributed by atoms with E-state index >= 15 is 0 Å². The van der Waals surface area contributed by atoms with Crippen molar-refractivity contribution in [3.63, 3.8) is 0 Å². The van der Waals surface area contributed by atoms with Crippen LogP contribution in [0.5, 0.6) is 0 Å². The summed E-state index contributed by atoms with van der Waals surface area (Å²) in [6.45, 7) is -0.0887. The molecule has 1 unspecified atom stereocenters. The quantitative estimate of drug-likeness (QED) is 0.0606. The summed E-state index contributed by atoms with van der Waals surface area (Å²) < 4.78 is 63.3. The number of aliphatic hydroxyl groups excluding tert-OH is 16. The molecule has 0 aromatic carbocycles. The van der Waals surface area contributed by atoms with Gasteiger partial charge in [0.05, 0.1) is 39.1 Å². The van der Waals surface area contributed by atoms with Crippen molar-refractivity contribution in [3.05, 3.63) is 0 Å². The molecule has 0 bridgehead atoms. The van der Waals surface area contributed by atoms with E-state index in [0.29, 0.717) is 0 Å². The fraction of sp³-hybridized carbons (Fsp3) is 0.929. The Bertz CT molecular complexity index is 1850. The lowest BCUT2D eigenvalue weighted by Crippen LogP contribution is -2.70. The minimum atomic E-state index is -2.13. The monoisotopic (exact) mass is 1100 g/mol. The molecule has 0 saturated carbocycles. The van der Waals surface area contributed by atoms with Crippen LogP contribution in [0, 0.1) is 0 Å². The summed E-state index contributed by atoms with van der Waals surface area (Å²) in [4.78, 5) is 36.9. The van der Waals surface area contributed by atoms with E-state index in [4.69, 9.17) is 52.1 Å². The number of ether oxygens (including phenoxy) is 11. The molecule has 434 valence electrons. The number of amides is 3. The van der Waals surface area contributed by atoms with Crippen molar-refractivity contribution in [2.75, 3.05) is 33.0 Å². The Labute approximate surface area is 426 Å². The number of rotatable bonds is 18. The van der Waals surface area contributed by atoms with Crippen LogP contribution in [0.15, 0.2) is 0 Å². The highest BCUT2D eigenvalue weighted by molar-refractivity contribution is 5.74. The second-order valence-electron chi connectivity index (χ2n) is 19.0. The van der Waals surface area contributed by atoms with Crippen molar-refractivity contribution in [1.29, 1.82) is 0 Å². The Morgan fingerprint density at radius 2 is 0.787 bits per heavy atom. The Morgan fingerprint density at radius 1 is 0.373 bits per heavy atom. The highest BCUT2D eigenvalue weighted by Gasteiger charge is 2.57. The van der Waals surface area contributed by atoms with Crippen LogP contribution in [-0.2, 0) is 66.5 Å². The summed E-state index contributed by atoms with van der Waals surface area (Å²) in [5, 5.41) is 179.